The van der Waals surface area contributed by atoms with E-state index in [0.717, 1.165) is 0 Å². The van der Waals surface area contributed by atoms with Crippen molar-refractivity contribution in [1.82, 2.24) is 15.0 Å². The van der Waals surface area contributed by atoms with Gasteiger partial charge >= 0.3 is 0 Å². The first-order valence-electron chi connectivity index (χ1n) is 11.5. The lowest BCUT2D eigenvalue weighted by molar-refractivity contribution is -0.432. The van der Waals surface area contributed by atoms with Gasteiger partial charge in [0.2, 0.25) is 22.3 Å². The average Bonchev–Trinajstić information content (AvgIpc) is 2.97. The van der Waals surface area contributed by atoms with Gasteiger partial charge in [-0.3, -0.25) is 14.8 Å². The molecule has 0 saturated carbocycles. The van der Waals surface area contributed by atoms with Crippen molar-refractivity contribution in [3.05, 3.63) is 75.1 Å². The molecule has 1 aliphatic rings. The molecule has 5 N–H and O–H groups in total. The number of nitrogens with zero attached hydrogens (tertiary/aromatic N) is 4. The molecule has 0 bridgehead atoms. The molecule has 16 nitrogen and oxygen atoms in total. The van der Waals surface area contributed by atoms with Crippen molar-refractivity contribution in [2.75, 3.05) is 10.7 Å². The van der Waals surface area contributed by atoms with Crippen LogP contribution in [0.25, 0.3) is 16.8 Å². The number of ketones is 1. The first kappa shape index (κ1) is 32.0. The third-order valence-corrected chi connectivity index (χ3v) is 8.31. The summed E-state index contributed by atoms with van der Waals surface area (Å²) in [4.78, 5) is 25.0. The largest absolute Gasteiger partial charge is 0.324 e. The van der Waals surface area contributed by atoms with Crippen molar-refractivity contribution in [2.45, 2.75) is 9.79 Å². The van der Waals surface area contributed by atoms with Gasteiger partial charge in [0.15, 0.2) is 0 Å². The maximum absolute atomic E-state index is 13.5. The molecule has 1 aromatic heterocycles. The zero-order chi connectivity index (χ0) is 31.4. The van der Waals surface area contributed by atoms with E-state index in [9.17, 15) is 17.8 Å². The lowest BCUT2D eigenvalue weighted by atomic mass is 9.94. The highest BCUT2D eigenvalue weighted by Gasteiger charge is 2.28. The van der Waals surface area contributed by atoms with Gasteiger partial charge in [0.25, 0.3) is 10.1 Å². The van der Waals surface area contributed by atoms with Crippen molar-refractivity contribution < 1.29 is 47.0 Å². The highest BCUT2D eigenvalue weighted by molar-refractivity contribution is 7.99. The van der Waals surface area contributed by atoms with Crippen molar-refractivity contribution in [2.24, 2.45) is 5.10 Å². The molecule has 0 fully saturated rings. The number of aromatic nitrogens is 3. The summed E-state index contributed by atoms with van der Waals surface area (Å²) in [7, 11) is -4.59. The molecule has 1 heterocycles. The predicted molar refractivity (Wildman–Crippen MR) is 160 cm³/mol. The minimum atomic E-state index is -4.59. The maximum Gasteiger partial charge on any atom is 0.295 e. The Balaban J connectivity index is 1.52. The van der Waals surface area contributed by atoms with Crippen LogP contribution in [0, 0.1) is 0 Å². The standard InChI is InChI=1S/C23H14Cl2N6O10S3/c24-21-27-22(25)29-23(28-21)26-11-4-5-12-10(8-11)9-16(42-40-38-33)18(19(12)32)31-30-15-7-6-13-14(20(15)43-41-39-34)2-1-3-17(13)44(35,36)37/h1-9,30,33-34H,(H,35,36,37)(H,26,27,28,29)/b31-18+. The molecule has 44 heavy (non-hydrogen) atoms. The molecular weight excluding hydrogens is 687 g/mol. The van der Waals surface area contributed by atoms with E-state index in [1.807, 2.05) is 0 Å². The van der Waals surface area contributed by atoms with Crippen molar-refractivity contribution in [3.8, 4) is 0 Å². The molecule has 3 aromatic carbocycles. The van der Waals surface area contributed by atoms with Crippen LogP contribution in [0.2, 0.25) is 10.6 Å². The lowest BCUT2D eigenvalue weighted by Gasteiger charge is -2.18. The molecule has 0 saturated heterocycles. The first-order valence-corrected chi connectivity index (χ1v) is 15.2. The summed E-state index contributed by atoms with van der Waals surface area (Å²) in [6.07, 6.45) is 1.52. The summed E-state index contributed by atoms with van der Waals surface area (Å²) in [5.74, 6) is -0.502. The van der Waals surface area contributed by atoms with Crippen molar-refractivity contribution in [1.29, 1.82) is 0 Å². The Morgan fingerprint density at radius 3 is 2.34 bits per heavy atom. The second-order valence-electron chi connectivity index (χ2n) is 8.25. The lowest BCUT2D eigenvalue weighted by Crippen LogP contribution is -2.22. The SMILES string of the molecule is O=C1/C(=N/Nc2ccc3c(S(=O)(=O)O)cccc3c2SOOO)C(SOOO)=Cc2cc(Nc3nc(Cl)nc(Cl)n3)ccc21. The fourth-order valence-electron chi connectivity index (χ4n) is 4.02. The van der Waals surface area contributed by atoms with Gasteiger partial charge in [-0.2, -0.15) is 28.5 Å². The Kier molecular flexibility index (Phi) is 9.94. The summed E-state index contributed by atoms with van der Waals surface area (Å²) in [5.41, 5.74) is 3.83. The summed E-state index contributed by atoms with van der Waals surface area (Å²) in [5, 5.41) is 32.1. The number of nitrogens with one attached hydrogen (secondary N) is 2. The van der Waals surface area contributed by atoms with Crippen LogP contribution in [-0.4, -0.2) is 49.9 Å². The number of anilines is 3. The Labute approximate surface area is 264 Å². The van der Waals surface area contributed by atoms with Crippen LogP contribution < -0.4 is 10.7 Å². The zero-order valence-corrected chi connectivity index (χ0v) is 25.1. The normalized spacial score (nSPS) is 14.1. The number of fused-ring (bicyclic) bond motifs is 2. The third-order valence-electron chi connectivity index (χ3n) is 5.71. The number of benzene rings is 3. The van der Waals surface area contributed by atoms with Gasteiger partial charge in [-0.1, -0.05) is 28.3 Å². The van der Waals surface area contributed by atoms with Gasteiger partial charge in [0.05, 0.1) is 39.6 Å². The number of carbonyl (C=O) groups excluding carboxylic acids is 1. The van der Waals surface area contributed by atoms with E-state index in [4.69, 9.17) is 33.7 Å². The van der Waals surface area contributed by atoms with Gasteiger partial charge < -0.3 is 5.32 Å². The fourth-order valence-corrected chi connectivity index (χ4v) is 6.15. The number of hydrazone groups is 1. The van der Waals surface area contributed by atoms with Crippen LogP contribution in [0.5, 0.6) is 0 Å². The quantitative estimate of drug-likeness (QED) is 0.0537. The van der Waals surface area contributed by atoms with Crippen LogP contribution in [0.15, 0.2) is 68.3 Å². The Bertz CT molecular complexity index is 1930. The van der Waals surface area contributed by atoms with E-state index in [0.29, 0.717) is 35.3 Å². The maximum atomic E-state index is 13.5. The van der Waals surface area contributed by atoms with Gasteiger partial charge in [-0.25, -0.2) is 10.5 Å². The van der Waals surface area contributed by atoms with E-state index >= 15 is 0 Å². The van der Waals surface area contributed by atoms with E-state index in [1.54, 1.807) is 12.1 Å². The number of hydrogen-bond donors (Lipinski definition) is 5. The molecule has 0 atom stereocenters. The Morgan fingerprint density at radius 2 is 1.64 bits per heavy atom. The summed E-state index contributed by atoms with van der Waals surface area (Å²) in [6.45, 7) is 0. The van der Waals surface area contributed by atoms with Crippen LogP contribution >= 0.6 is 47.3 Å². The first-order chi connectivity index (χ1) is 21.1. The third kappa shape index (κ3) is 7.10. The molecule has 4 aromatic rings. The number of allylic oxidation sites excluding steroid dienone is 1. The molecule has 5 rings (SSSR count). The fraction of sp³-hybridized carbons (Fsp3) is 0. The topological polar surface area (TPSA) is 224 Å². The summed E-state index contributed by atoms with van der Waals surface area (Å²) in [6, 6.07) is 11.6. The van der Waals surface area contributed by atoms with Crippen LogP contribution in [0.3, 0.4) is 0 Å². The van der Waals surface area contributed by atoms with Crippen molar-refractivity contribution in [3.63, 3.8) is 0 Å². The molecular formula is C23H14Cl2N6O10S3. The second-order valence-corrected chi connectivity index (χ2v) is 11.8. The molecule has 0 amide bonds. The number of carbonyl (C=O) groups is 1. The predicted octanol–water partition coefficient (Wildman–Crippen LogP) is 5.82. The van der Waals surface area contributed by atoms with Crippen LogP contribution in [0.4, 0.5) is 17.3 Å². The molecule has 0 unspecified atom stereocenters. The smallest absolute Gasteiger partial charge is 0.295 e. The number of Topliss-reactive ketones (excluding diaryl/α,β-unsaturated/α-hetero) is 1. The van der Waals surface area contributed by atoms with Gasteiger partial charge in [-0.15, -0.1) is 8.67 Å². The van der Waals surface area contributed by atoms with Crippen LogP contribution in [0.1, 0.15) is 15.9 Å². The van der Waals surface area contributed by atoms with Gasteiger partial charge in [0.1, 0.15) is 10.6 Å². The van der Waals surface area contributed by atoms with Gasteiger partial charge in [0, 0.05) is 22.0 Å². The molecule has 1 aliphatic carbocycles. The number of rotatable bonds is 11. The van der Waals surface area contributed by atoms with E-state index in [2.05, 4.69) is 49.5 Å². The molecule has 228 valence electrons. The number of hydrogen-bond acceptors (Lipinski definition) is 17. The summed E-state index contributed by atoms with van der Waals surface area (Å²) >= 11 is 12.6. The monoisotopic (exact) mass is 700 g/mol. The van der Waals surface area contributed by atoms with Crippen molar-refractivity contribution >= 4 is 103 Å². The molecule has 0 spiro atoms. The van der Waals surface area contributed by atoms with E-state index in [1.165, 1.54) is 42.5 Å². The zero-order valence-electron chi connectivity index (χ0n) is 21.2. The minimum absolute atomic E-state index is 0.0578. The second kappa shape index (κ2) is 13.7. The van der Waals surface area contributed by atoms with Crippen LogP contribution in [-0.2, 0) is 28.9 Å². The highest BCUT2D eigenvalue weighted by Crippen LogP contribution is 2.38. The highest BCUT2D eigenvalue weighted by atomic mass is 35.5. The van der Waals surface area contributed by atoms with E-state index in [-0.39, 0.29) is 58.9 Å². The molecule has 21 heteroatoms. The van der Waals surface area contributed by atoms with Gasteiger partial charge in [-0.05, 0) is 65.2 Å². The molecule has 0 radical (unpaired) electrons. The van der Waals surface area contributed by atoms with E-state index < -0.39 is 15.9 Å². The summed E-state index contributed by atoms with van der Waals surface area (Å²) < 4.78 is 42.6. The minimum Gasteiger partial charge on any atom is -0.324 e. The Hall–Kier alpha value is -3.44. The number of halogens is 2. The Morgan fingerprint density at radius 1 is 0.909 bits per heavy atom. The average molecular weight is 702 g/mol. The molecule has 0 aliphatic heterocycles.